The fraction of sp³-hybridized carbons (Fsp3) is 0.318. The van der Waals surface area contributed by atoms with Crippen LogP contribution in [0.5, 0.6) is 0 Å². The van der Waals surface area contributed by atoms with Crippen LogP contribution in [0.3, 0.4) is 0 Å². The molecular weight excluding hydrogens is 474 g/mol. The number of nitrogens with one attached hydrogen (secondary N) is 5. The number of thiol groups is 1. The minimum Gasteiger partial charge on any atom is -0.480 e. The molecular formula is C22H27N7O5S. The third kappa shape index (κ3) is 7.07. The van der Waals surface area contributed by atoms with Crippen LogP contribution in [0.1, 0.15) is 11.3 Å². The highest BCUT2D eigenvalue weighted by atomic mass is 32.1. The molecule has 2 heterocycles. The quantitative estimate of drug-likeness (QED) is 0.147. The smallest absolute Gasteiger partial charge is 0.326 e. The Labute approximate surface area is 205 Å². The number of nitrogens with two attached hydrogens (primary N) is 1. The van der Waals surface area contributed by atoms with Crippen LogP contribution >= 0.6 is 12.6 Å². The second-order valence-corrected chi connectivity index (χ2v) is 8.24. The van der Waals surface area contributed by atoms with Gasteiger partial charge in [0, 0.05) is 47.6 Å². The molecule has 1 aromatic carbocycles. The van der Waals surface area contributed by atoms with Crippen molar-refractivity contribution in [1.29, 1.82) is 0 Å². The number of fused-ring (bicyclic) bond motifs is 1. The number of benzene rings is 1. The molecule has 0 aliphatic rings. The molecule has 0 radical (unpaired) electrons. The van der Waals surface area contributed by atoms with Crippen LogP contribution in [-0.2, 0) is 32.0 Å². The molecule has 0 fully saturated rings. The molecule has 35 heavy (non-hydrogen) atoms. The van der Waals surface area contributed by atoms with Crippen molar-refractivity contribution < 1.29 is 24.3 Å². The van der Waals surface area contributed by atoms with Gasteiger partial charge >= 0.3 is 5.97 Å². The summed E-state index contributed by atoms with van der Waals surface area (Å²) in [6.45, 7) is -0.482. The zero-order chi connectivity index (χ0) is 25.4. The molecule has 3 atom stereocenters. The van der Waals surface area contributed by atoms with Gasteiger partial charge in [0.15, 0.2) is 0 Å². The molecule has 0 aliphatic heterocycles. The lowest BCUT2D eigenvalue weighted by Crippen LogP contribution is -2.54. The lowest BCUT2D eigenvalue weighted by Gasteiger charge is -2.20. The number of nitrogens with zero attached hydrogens (tertiary/aromatic N) is 1. The molecule has 3 unspecified atom stereocenters. The molecule has 0 spiro atoms. The summed E-state index contributed by atoms with van der Waals surface area (Å²) in [5.74, 6) is -3.03. The van der Waals surface area contributed by atoms with Crippen molar-refractivity contribution in [2.75, 3.05) is 12.3 Å². The van der Waals surface area contributed by atoms with Gasteiger partial charge in [-0.05, 0) is 11.6 Å². The van der Waals surface area contributed by atoms with Gasteiger partial charge in [0.25, 0.3) is 0 Å². The van der Waals surface area contributed by atoms with Gasteiger partial charge in [-0.2, -0.15) is 12.6 Å². The average Bonchev–Trinajstić information content (AvgIpc) is 3.51. The molecule has 3 amide bonds. The van der Waals surface area contributed by atoms with Crippen molar-refractivity contribution in [1.82, 2.24) is 30.9 Å². The Balaban J connectivity index is 1.59. The van der Waals surface area contributed by atoms with Crippen LogP contribution in [0.2, 0.25) is 0 Å². The fourth-order valence-electron chi connectivity index (χ4n) is 3.44. The molecule has 0 saturated heterocycles. The minimum atomic E-state index is -1.21. The van der Waals surface area contributed by atoms with Crippen LogP contribution < -0.4 is 21.7 Å². The maximum Gasteiger partial charge on any atom is 0.326 e. The van der Waals surface area contributed by atoms with Crippen molar-refractivity contribution >= 4 is 47.2 Å². The van der Waals surface area contributed by atoms with Gasteiger partial charge in [0.05, 0.1) is 18.9 Å². The van der Waals surface area contributed by atoms with Crippen molar-refractivity contribution in [3.63, 3.8) is 0 Å². The maximum absolute atomic E-state index is 12.7. The van der Waals surface area contributed by atoms with Gasteiger partial charge < -0.3 is 36.8 Å². The number of aromatic amines is 2. The number of H-pyrrole nitrogens is 2. The van der Waals surface area contributed by atoms with E-state index in [1.54, 1.807) is 6.20 Å². The van der Waals surface area contributed by atoms with Crippen molar-refractivity contribution in [3.8, 4) is 0 Å². The Morgan fingerprint density at radius 2 is 1.83 bits per heavy atom. The summed E-state index contributed by atoms with van der Waals surface area (Å²) in [5.41, 5.74) is 7.85. The van der Waals surface area contributed by atoms with Crippen LogP contribution in [-0.4, -0.2) is 74.2 Å². The van der Waals surface area contributed by atoms with E-state index in [0.29, 0.717) is 5.69 Å². The maximum atomic E-state index is 12.7. The highest BCUT2D eigenvalue weighted by Crippen LogP contribution is 2.19. The molecule has 3 rings (SSSR count). The monoisotopic (exact) mass is 501 g/mol. The predicted octanol–water partition coefficient (Wildman–Crippen LogP) is -0.896. The number of hydrogen-bond donors (Lipinski definition) is 8. The van der Waals surface area contributed by atoms with E-state index in [4.69, 9.17) is 5.73 Å². The summed E-state index contributed by atoms with van der Waals surface area (Å²) < 4.78 is 0. The number of carboxylic acids is 1. The molecule has 0 aliphatic carbocycles. The zero-order valence-electron chi connectivity index (χ0n) is 18.7. The number of rotatable bonds is 12. The summed E-state index contributed by atoms with van der Waals surface area (Å²) >= 11 is 3.98. The van der Waals surface area contributed by atoms with E-state index in [1.807, 2.05) is 24.3 Å². The third-order valence-corrected chi connectivity index (χ3v) is 5.69. The number of imidazole rings is 1. The van der Waals surface area contributed by atoms with E-state index in [0.717, 1.165) is 16.5 Å². The van der Waals surface area contributed by atoms with E-state index in [1.165, 1.54) is 12.5 Å². The predicted molar refractivity (Wildman–Crippen MR) is 131 cm³/mol. The fourth-order valence-corrected chi connectivity index (χ4v) is 3.61. The van der Waals surface area contributed by atoms with E-state index >= 15 is 0 Å². The molecule has 12 nitrogen and oxygen atoms in total. The second kappa shape index (κ2) is 12.0. The summed E-state index contributed by atoms with van der Waals surface area (Å²) in [5, 5.41) is 17.8. The molecule has 8 N–H and O–H groups in total. The topological polar surface area (TPSA) is 195 Å². The summed E-state index contributed by atoms with van der Waals surface area (Å²) in [6, 6.07) is 4.26. The first-order chi connectivity index (χ1) is 16.8. The Morgan fingerprint density at radius 3 is 2.51 bits per heavy atom. The number of hydrogen-bond acceptors (Lipinski definition) is 7. The van der Waals surface area contributed by atoms with Crippen molar-refractivity contribution in [3.05, 3.63) is 54.2 Å². The normalized spacial score (nSPS) is 13.5. The van der Waals surface area contributed by atoms with Crippen LogP contribution in [0.4, 0.5) is 0 Å². The number of aliphatic carboxylic acids is 1. The van der Waals surface area contributed by atoms with Crippen LogP contribution in [0.15, 0.2) is 43.0 Å². The number of amides is 3. The Hall–Kier alpha value is -3.84. The zero-order valence-corrected chi connectivity index (χ0v) is 19.5. The van der Waals surface area contributed by atoms with Gasteiger partial charge in [0.2, 0.25) is 17.7 Å². The number of aromatic nitrogens is 3. The standard InChI is InChI=1S/C22H27N7O5S/c23-15(10-35)20(31)29-17(6-13-8-24-11-27-13)21(32)26-9-19(30)28-18(22(33)34)5-12-7-25-16-4-2-1-3-14(12)16/h1-4,7-8,11,15,17-18,25,35H,5-6,9-10,23H2,(H,24,27)(H,26,32)(H,28,30)(H,29,31)(H,33,34). The van der Waals surface area contributed by atoms with E-state index in [2.05, 4.69) is 43.5 Å². The first-order valence-electron chi connectivity index (χ1n) is 10.8. The molecule has 186 valence electrons. The van der Waals surface area contributed by atoms with E-state index in [9.17, 15) is 24.3 Å². The van der Waals surface area contributed by atoms with Gasteiger partial charge in [-0.25, -0.2) is 9.78 Å². The van der Waals surface area contributed by atoms with Gasteiger partial charge in [-0.3, -0.25) is 14.4 Å². The largest absolute Gasteiger partial charge is 0.480 e. The molecule has 0 saturated carbocycles. The van der Waals surface area contributed by atoms with Crippen LogP contribution in [0, 0.1) is 0 Å². The molecule has 3 aromatic rings. The SMILES string of the molecule is NC(CS)C(=O)NC(Cc1cnc[nH]1)C(=O)NCC(=O)NC(Cc1c[nH]c2ccccc12)C(=O)O. The van der Waals surface area contributed by atoms with E-state index < -0.39 is 48.4 Å². The number of carbonyl (C=O) groups is 4. The lowest BCUT2D eigenvalue weighted by atomic mass is 10.0. The molecule has 2 aromatic heterocycles. The average molecular weight is 502 g/mol. The third-order valence-electron chi connectivity index (χ3n) is 5.30. The number of para-hydroxylation sites is 1. The second-order valence-electron chi connectivity index (χ2n) is 7.87. The Kier molecular flexibility index (Phi) is 8.86. The minimum absolute atomic E-state index is 0.0547. The van der Waals surface area contributed by atoms with Gasteiger partial charge in [0.1, 0.15) is 12.1 Å². The summed E-state index contributed by atoms with van der Waals surface area (Å²) in [4.78, 5) is 58.9. The van der Waals surface area contributed by atoms with E-state index in [-0.39, 0.29) is 18.6 Å². The molecule has 13 heteroatoms. The Bertz CT molecular complexity index is 1180. The highest BCUT2D eigenvalue weighted by Gasteiger charge is 2.26. The highest BCUT2D eigenvalue weighted by molar-refractivity contribution is 7.80. The van der Waals surface area contributed by atoms with Crippen molar-refractivity contribution in [2.24, 2.45) is 5.73 Å². The van der Waals surface area contributed by atoms with Crippen molar-refractivity contribution in [2.45, 2.75) is 31.0 Å². The number of carbonyl (C=O) groups excluding carboxylic acids is 3. The first kappa shape index (κ1) is 25.8. The number of carboxylic acid groups (broad SMARTS) is 1. The lowest BCUT2D eigenvalue weighted by molar-refractivity contribution is -0.141. The summed E-state index contributed by atoms with van der Waals surface area (Å²) in [7, 11) is 0. The Morgan fingerprint density at radius 1 is 1.06 bits per heavy atom. The van der Waals surface area contributed by atoms with Gasteiger partial charge in [-0.15, -0.1) is 0 Å². The van der Waals surface area contributed by atoms with Gasteiger partial charge in [-0.1, -0.05) is 18.2 Å². The van der Waals surface area contributed by atoms with Crippen LogP contribution in [0.25, 0.3) is 10.9 Å². The first-order valence-corrected chi connectivity index (χ1v) is 11.4. The molecule has 0 bridgehead atoms. The summed E-state index contributed by atoms with van der Waals surface area (Å²) in [6.07, 6.45) is 4.77.